The van der Waals surface area contributed by atoms with Crippen LogP contribution in [0.15, 0.2) is 0 Å². The van der Waals surface area contributed by atoms with Gasteiger partial charge in [0, 0.05) is 12.8 Å². The van der Waals surface area contributed by atoms with Gasteiger partial charge in [-0.3, -0.25) is 0 Å². The summed E-state index contributed by atoms with van der Waals surface area (Å²) in [4.78, 5) is 0. The first-order chi connectivity index (χ1) is 11.5. The van der Waals surface area contributed by atoms with E-state index in [2.05, 4.69) is 13.8 Å². The predicted molar refractivity (Wildman–Crippen MR) is 109 cm³/mol. The summed E-state index contributed by atoms with van der Waals surface area (Å²) in [5, 5.41) is 12.3. The molecule has 2 unspecified atom stereocenters. The number of aliphatic hydroxyl groups excluding tert-OH is 1. The zero-order chi connectivity index (χ0) is 17.3. The van der Waals surface area contributed by atoms with Crippen molar-refractivity contribution >= 4 is 34.1 Å². The third-order valence-electron chi connectivity index (χ3n) is 6.80. The first-order valence-corrected chi connectivity index (χ1v) is 12.4. The molecule has 140 valence electrons. The minimum Gasteiger partial charge on any atom is -0.390 e. The van der Waals surface area contributed by atoms with E-state index in [-0.39, 0.29) is 10.8 Å². The van der Waals surface area contributed by atoms with Gasteiger partial charge in [0.05, 0.1) is 16.9 Å². The lowest BCUT2D eigenvalue weighted by atomic mass is 9.90. The van der Waals surface area contributed by atoms with Crippen molar-refractivity contribution in [3.05, 3.63) is 0 Å². The van der Waals surface area contributed by atoms with Gasteiger partial charge >= 0.3 is 0 Å². The van der Waals surface area contributed by atoms with E-state index in [0.29, 0.717) is 16.1 Å². The lowest BCUT2D eigenvalue weighted by Gasteiger charge is -2.40. The summed E-state index contributed by atoms with van der Waals surface area (Å²) in [7, 11) is 0.450. The molecule has 0 aromatic heterocycles. The summed E-state index contributed by atoms with van der Waals surface area (Å²) >= 11 is 13.0. The maximum absolute atomic E-state index is 10.2. The molecule has 0 saturated heterocycles. The molecule has 3 saturated carbocycles. The second-order valence-corrected chi connectivity index (χ2v) is 12.7. The highest BCUT2D eigenvalue weighted by atomic mass is 35.5. The molecule has 0 bridgehead atoms. The standard InChI is InChI=1S/C20H35Cl2OS/c1-13-3-7-15(8-4-13)24(16-9-5-14(2)6-10-16)17-11-18(21)20(23)19(22)12-17/h13-20,23H,3-12H2,1-2H3/q+1. The zero-order valence-corrected chi connectivity index (χ0v) is 17.6. The predicted octanol–water partition coefficient (Wildman–Crippen LogP) is 5.50. The zero-order valence-electron chi connectivity index (χ0n) is 15.3. The van der Waals surface area contributed by atoms with Crippen molar-refractivity contribution in [2.45, 2.75) is 111 Å². The average Bonchev–Trinajstić information content (AvgIpc) is 2.56. The normalized spacial score (nSPS) is 48.9. The molecule has 0 amide bonds. The van der Waals surface area contributed by atoms with Gasteiger partial charge in [0.25, 0.3) is 0 Å². The fourth-order valence-corrected chi connectivity index (χ4v) is 10.3. The van der Waals surface area contributed by atoms with Crippen LogP contribution in [0, 0.1) is 11.8 Å². The van der Waals surface area contributed by atoms with E-state index in [1.807, 2.05) is 0 Å². The SMILES string of the molecule is CC1CCC([S+](C2CCC(C)CC2)C2CC(Cl)C(O)C(Cl)C2)CC1. The summed E-state index contributed by atoms with van der Waals surface area (Å²) in [6, 6.07) is 0. The monoisotopic (exact) mass is 393 g/mol. The molecule has 24 heavy (non-hydrogen) atoms. The largest absolute Gasteiger partial charge is 0.390 e. The van der Waals surface area contributed by atoms with Gasteiger partial charge in [-0.1, -0.05) is 13.8 Å². The highest BCUT2D eigenvalue weighted by Crippen LogP contribution is 2.43. The van der Waals surface area contributed by atoms with Gasteiger partial charge in [0.15, 0.2) is 0 Å². The van der Waals surface area contributed by atoms with Crippen molar-refractivity contribution in [2.75, 3.05) is 0 Å². The summed E-state index contributed by atoms with van der Waals surface area (Å²) in [6.45, 7) is 4.83. The van der Waals surface area contributed by atoms with Crippen LogP contribution in [0.25, 0.3) is 0 Å². The molecule has 0 heterocycles. The van der Waals surface area contributed by atoms with Crippen molar-refractivity contribution in [3.8, 4) is 0 Å². The van der Waals surface area contributed by atoms with Crippen LogP contribution in [0.2, 0.25) is 0 Å². The molecular weight excluding hydrogens is 359 g/mol. The highest BCUT2D eigenvalue weighted by Gasteiger charge is 2.50. The van der Waals surface area contributed by atoms with E-state index >= 15 is 0 Å². The van der Waals surface area contributed by atoms with Crippen LogP contribution in [-0.2, 0) is 10.9 Å². The number of hydrogen-bond acceptors (Lipinski definition) is 1. The lowest BCUT2D eigenvalue weighted by molar-refractivity contribution is 0.140. The minimum absolute atomic E-state index is 0.147. The van der Waals surface area contributed by atoms with Crippen LogP contribution in [-0.4, -0.2) is 37.7 Å². The molecule has 3 aliphatic rings. The summed E-state index contributed by atoms with van der Waals surface area (Å²) in [5.41, 5.74) is 0. The molecule has 3 aliphatic carbocycles. The van der Waals surface area contributed by atoms with Crippen molar-refractivity contribution in [1.82, 2.24) is 0 Å². The van der Waals surface area contributed by atoms with E-state index in [9.17, 15) is 5.11 Å². The van der Waals surface area contributed by atoms with E-state index in [1.165, 1.54) is 51.4 Å². The third kappa shape index (κ3) is 4.59. The Kier molecular flexibility index (Phi) is 7.14. The number of halogens is 2. The van der Waals surface area contributed by atoms with Crippen LogP contribution in [0.4, 0.5) is 0 Å². The van der Waals surface area contributed by atoms with E-state index < -0.39 is 6.10 Å². The fourth-order valence-electron chi connectivity index (χ4n) is 5.15. The summed E-state index contributed by atoms with van der Waals surface area (Å²) in [6.07, 6.45) is 12.7. The molecule has 0 aliphatic heterocycles. The van der Waals surface area contributed by atoms with Crippen LogP contribution in [0.1, 0.15) is 78.1 Å². The van der Waals surface area contributed by atoms with Crippen molar-refractivity contribution in [2.24, 2.45) is 11.8 Å². The first-order valence-electron chi connectivity index (χ1n) is 10.1. The number of hydrogen-bond donors (Lipinski definition) is 1. The Morgan fingerprint density at radius 1 is 0.667 bits per heavy atom. The molecule has 2 atom stereocenters. The minimum atomic E-state index is -0.521. The molecule has 1 nitrogen and oxygen atoms in total. The smallest absolute Gasteiger partial charge is 0.121 e. The molecule has 0 spiro atoms. The van der Waals surface area contributed by atoms with Gasteiger partial charge in [-0.15, -0.1) is 23.2 Å². The molecule has 0 aromatic rings. The molecular formula is C20H35Cl2OS+. The Balaban J connectivity index is 1.74. The maximum Gasteiger partial charge on any atom is 0.121 e. The number of rotatable bonds is 3. The Morgan fingerprint density at radius 3 is 1.42 bits per heavy atom. The van der Waals surface area contributed by atoms with Crippen molar-refractivity contribution in [1.29, 1.82) is 0 Å². The number of alkyl halides is 2. The van der Waals surface area contributed by atoms with Crippen LogP contribution in [0.5, 0.6) is 0 Å². The van der Waals surface area contributed by atoms with Gasteiger partial charge in [0.2, 0.25) is 0 Å². The summed E-state index contributed by atoms with van der Waals surface area (Å²) in [5.74, 6) is 1.82. The third-order valence-corrected chi connectivity index (χ3v) is 11.3. The summed E-state index contributed by atoms with van der Waals surface area (Å²) < 4.78 is 0. The van der Waals surface area contributed by atoms with Crippen molar-refractivity contribution < 1.29 is 5.11 Å². The van der Waals surface area contributed by atoms with Crippen molar-refractivity contribution in [3.63, 3.8) is 0 Å². The highest BCUT2D eigenvalue weighted by molar-refractivity contribution is 7.98. The van der Waals surface area contributed by atoms with E-state index in [4.69, 9.17) is 23.2 Å². The van der Waals surface area contributed by atoms with Crippen LogP contribution < -0.4 is 0 Å². The quantitative estimate of drug-likeness (QED) is 0.495. The Morgan fingerprint density at radius 2 is 1.04 bits per heavy atom. The van der Waals surface area contributed by atoms with Gasteiger partial charge in [-0.25, -0.2) is 0 Å². The molecule has 0 radical (unpaired) electrons. The van der Waals surface area contributed by atoms with Crippen LogP contribution in [0.3, 0.4) is 0 Å². The second-order valence-electron chi connectivity index (χ2n) is 8.79. The Bertz CT molecular complexity index is 357. The Labute approximate surface area is 161 Å². The Hall–Kier alpha value is 0.890. The first kappa shape index (κ1) is 19.6. The molecule has 3 rings (SSSR count). The van der Waals surface area contributed by atoms with Gasteiger partial charge < -0.3 is 5.11 Å². The fraction of sp³-hybridized carbons (Fsp3) is 1.00. The van der Waals surface area contributed by atoms with Crippen LogP contribution >= 0.6 is 23.2 Å². The average molecular weight is 394 g/mol. The number of aliphatic hydroxyl groups is 1. The lowest BCUT2D eigenvalue weighted by Crippen LogP contribution is -2.50. The van der Waals surface area contributed by atoms with E-state index in [1.54, 1.807) is 0 Å². The van der Waals surface area contributed by atoms with Gasteiger partial charge in [-0.2, -0.15) is 0 Å². The topological polar surface area (TPSA) is 20.2 Å². The maximum atomic E-state index is 10.2. The van der Waals surface area contributed by atoms with Gasteiger partial charge in [-0.05, 0) is 74.1 Å². The molecule has 3 fully saturated rings. The molecule has 0 aromatic carbocycles. The second kappa shape index (κ2) is 8.72. The van der Waals surface area contributed by atoms with E-state index in [0.717, 1.165) is 35.2 Å². The molecule has 1 N–H and O–H groups in total. The molecule has 4 heteroatoms. The van der Waals surface area contributed by atoms with Gasteiger partial charge in [0.1, 0.15) is 15.7 Å².